The molecule has 0 bridgehead atoms. The lowest BCUT2D eigenvalue weighted by atomic mass is 10.2. The number of hydrogen-bond acceptors (Lipinski definition) is 3. The van der Waals surface area contributed by atoms with Gasteiger partial charge in [0.1, 0.15) is 5.75 Å². The number of hydrogen-bond donors (Lipinski definition) is 1. The normalized spacial score (nSPS) is 10.4. The molecule has 21 heavy (non-hydrogen) atoms. The van der Waals surface area contributed by atoms with E-state index in [0.29, 0.717) is 29.6 Å². The molecule has 0 fully saturated rings. The highest BCUT2D eigenvalue weighted by atomic mass is 16.5. The predicted molar refractivity (Wildman–Crippen MR) is 77.1 cm³/mol. The summed E-state index contributed by atoms with van der Waals surface area (Å²) in [4.78, 5) is 14.3. The van der Waals surface area contributed by atoms with Crippen LogP contribution in [0.2, 0.25) is 0 Å². The molecule has 0 saturated carbocycles. The Hall–Kier alpha value is -2.81. The van der Waals surface area contributed by atoms with Crippen LogP contribution in [0.25, 0.3) is 10.5 Å². The van der Waals surface area contributed by atoms with E-state index in [1.165, 1.54) is 17.1 Å². The maximum atomic E-state index is 10.8. The minimum Gasteiger partial charge on any atom is -0.504 e. The molecule has 1 heterocycles. The molecule has 1 N–H and O–H groups in total. The fraction of sp³-hybridized carbons (Fsp3) is 0.267. The van der Waals surface area contributed by atoms with Gasteiger partial charge < -0.3 is 9.84 Å². The van der Waals surface area contributed by atoms with Crippen molar-refractivity contribution in [2.45, 2.75) is 13.8 Å². The third-order valence-corrected chi connectivity index (χ3v) is 2.73. The molecule has 0 atom stereocenters. The molecule has 2 rings (SSSR count). The summed E-state index contributed by atoms with van der Waals surface area (Å²) in [5, 5.41) is 12.9. The summed E-state index contributed by atoms with van der Waals surface area (Å²) in [6.45, 7) is 11.8. The summed E-state index contributed by atoms with van der Waals surface area (Å²) in [5.41, 5.74) is 1.09. The molecule has 0 aliphatic carbocycles. The molecule has 2 aromatic rings. The van der Waals surface area contributed by atoms with E-state index >= 15 is 0 Å². The van der Waals surface area contributed by atoms with Crippen molar-refractivity contribution in [3.8, 4) is 11.4 Å². The van der Waals surface area contributed by atoms with Crippen LogP contribution < -0.4 is 4.74 Å². The molecule has 0 aliphatic rings. The molecule has 0 amide bonds. The molecule has 0 spiro atoms. The Balaban J connectivity index is 2.29. The number of nitrogens with zero attached hydrogens (tertiary/aromatic N) is 3. The fourth-order valence-corrected chi connectivity index (χ4v) is 1.69. The van der Waals surface area contributed by atoms with Crippen molar-refractivity contribution in [3.63, 3.8) is 0 Å². The van der Waals surface area contributed by atoms with Gasteiger partial charge in [0.15, 0.2) is 0 Å². The first-order chi connectivity index (χ1) is 10.0. The van der Waals surface area contributed by atoms with Gasteiger partial charge in [-0.25, -0.2) is 14.3 Å². The lowest BCUT2D eigenvalue weighted by Gasteiger charge is -2.11. The Bertz CT molecular complexity index is 698. The number of carbonyl (C=O) groups is 1. The summed E-state index contributed by atoms with van der Waals surface area (Å²) < 4.78 is 7.01. The maximum Gasteiger partial charge on any atom is 0.338 e. The van der Waals surface area contributed by atoms with Crippen molar-refractivity contribution in [3.05, 3.63) is 47.6 Å². The van der Waals surface area contributed by atoms with Gasteiger partial charge in [-0.3, -0.25) is 0 Å². The first kappa shape index (κ1) is 14.6. The Kier molecular flexibility index (Phi) is 4.24. The molecular formula is C15H15N3O3. The molecule has 0 aliphatic heterocycles. The van der Waals surface area contributed by atoms with Crippen molar-refractivity contribution >= 4 is 11.7 Å². The van der Waals surface area contributed by atoms with Crippen LogP contribution in [0.1, 0.15) is 24.2 Å². The minimum absolute atomic E-state index is 0.0968. The second-order valence-electron chi connectivity index (χ2n) is 4.95. The fourth-order valence-electron chi connectivity index (χ4n) is 1.69. The maximum absolute atomic E-state index is 10.8. The van der Waals surface area contributed by atoms with Gasteiger partial charge in [0.05, 0.1) is 30.6 Å². The van der Waals surface area contributed by atoms with Crippen LogP contribution in [0.4, 0.5) is 5.69 Å². The zero-order chi connectivity index (χ0) is 15.4. The molecule has 1 aromatic carbocycles. The van der Waals surface area contributed by atoms with Gasteiger partial charge in [-0.1, -0.05) is 13.8 Å². The van der Waals surface area contributed by atoms with E-state index in [2.05, 4.69) is 9.94 Å². The van der Waals surface area contributed by atoms with E-state index in [1.807, 2.05) is 13.8 Å². The number of carboxylic acids is 1. The monoisotopic (exact) mass is 285 g/mol. The number of rotatable bonds is 5. The molecule has 1 aromatic heterocycles. The first-order valence-electron chi connectivity index (χ1n) is 6.44. The quantitative estimate of drug-likeness (QED) is 0.857. The van der Waals surface area contributed by atoms with E-state index in [-0.39, 0.29) is 5.56 Å². The summed E-state index contributed by atoms with van der Waals surface area (Å²) >= 11 is 0. The molecule has 108 valence electrons. The van der Waals surface area contributed by atoms with Gasteiger partial charge in [-0.2, -0.15) is 5.10 Å². The molecule has 6 heteroatoms. The lowest BCUT2D eigenvalue weighted by Crippen LogP contribution is -2.04. The van der Waals surface area contributed by atoms with E-state index in [9.17, 15) is 4.79 Å². The van der Waals surface area contributed by atoms with Gasteiger partial charge in [0, 0.05) is 6.20 Å². The van der Waals surface area contributed by atoms with Gasteiger partial charge >= 0.3 is 5.97 Å². The average molecular weight is 285 g/mol. The summed E-state index contributed by atoms with van der Waals surface area (Å²) in [5.74, 6) is -0.149. The summed E-state index contributed by atoms with van der Waals surface area (Å²) in [6.07, 6.45) is 2.67. The van der Waals surface area contributed by atoms with E-state index in [4.69, 9.17) is 16.4 Å². The van der Waals surface area contributed by atoms with Gasteiger partial charge in [0.2, 0.25) is 5.69 Å². The van der Waals surface area contributed by atoms with E-state index in [0.717, 1.165) is 0 Å². The van der Waals surface area contributed by atoms with Gasteiger partial charge in [0.25, 0.3) is 0 Å². The van der Waals surface area contributed by atoms with Crippen molar-refractivity contribution in [1.29, 1.82) is 0 Å². The highest BCUT2D eigenvalue weighted by Gasteiger charge is 2.10. The van der Waals surface area contributed by atoms with Crippen LogP contribution >= 0.6 is 0 Å². The zero-order valence-electron chi connectivity index (χ0n) is 11.8. The van der Waals surface area contributed by atoms with Crippen molar-refractivity contribution in [2.24, 2.45) is 5.92 Å². The molecule has 0 radical (unpaired) electrons. The van der Waals surface area contributed by atoms with Gasteiger partial charge in [-0.15, -0.1) is 0 Å². The van der Waals surface area contributed by atoms with Crippen LogP contribution in [0.3, 0.4) is 0 Å². The standard InChI is InChI=1S/C15H15N3O3/c1-10(2)9-21-14-5-4-12(6-13(14)16-3)18-8-11(7-17-18)15(19)20/h4-8,10H,9H2,1-2H3,(H,19,20). The molecule has 0 unspecified atom stereocenters. The predicted octanol–water partition coefficient (Wildman–Crippen LogP) is 3.16. The van der Waals surface area contributed by atoms with Crippen LogP contribution in [0, 0.1) is 12.5 Å². The highest BCUT2D eigenvalue weighted by Crippen LogP contribution is 2.30. The number of benzene rings is 1. The third-order valence-electron chi connectivity index (χ3n) is 2.73. The summed E-state index contributed by atoms with van der Waals surface area (Å²) in [6, 6.07) is 5.07. The molecular weight excluding hydrogens is 270 g/mol. The van der Waals surface area contributed by atoms with Crippen LogP contribution in [-0.4, -0.2) is 27.5 Å². The zero-order valence-corrected chi connectivity index (χ0v) is 11.8. The topological polar surface area (TPSA) is 68.7 Å². The Morgan fingerprint density at radius 2 is 2.29 bits per heavy atom. The smallest absolute Gasteiger partial charge is 0.338 e. The third kappa shape index (κ3) is 3.39. The molecule has 0 saturated heterocycles. The van der Waals surface area contributed by atoms with E-state index in [1.54, 1.807) is 18.2 Å². The van der Waals surface area contributed by atoms with Crippen molar-refractivity contribution in [1.82, 2.24) is 9.78 Å². The first-order valence-corrected chi connectivity index (χ1v) is 6.44. The number of aromatic nitrogens is 2. The second kappa shape index (κ2) is 6.09. The van der Waals surface area contributed by atoms with Crippen LogP contribution in [0.5, 0.6) is 5.75 Å². The highest BCUT2D eigenvalue weighted by molar-refractivity contribution is 5.87. The second-order valence-corrected chi connectivity index (χ2v) is 4.95. The minimum atomic E-state index is -1.04. The average Bonchev–Trinajstić information content (AvgIpc) is 2.94. The van der Waals surface area contributed by atoms with Crippen molar-refractivity contribution < 1.29 is 14.6 Å². The Labute approximate surface area is 122 Å². The van der Waals surface area contributed by atoms with Crippen molar-refractivity contribution in [2.75, 3.05) is 6.61 Å². The van der Waals surface area contributed by atoms with Crippen LogP contribution in [-0.2, 0) is 0 Å². The SMILES string of the molecule is [C-]#[N+]c1cc(-n2cc(C(=O)O)cn2)ccc1OCC(C)C. The molecule has 6 nitrogen and oxygen atoms in total. The van der Waals surface area contributed by atoms with E-state index < -0.39 is 5.97 Å². The Morgan fingerprint density at radius 3 is 2.86 bits per heavy atom. The largest absolute Gasteiger partial charge is 0.504 e. The van der Waals surface area contributed by atoms with Crippen LogP contribution in [0.15, 0.2) is 30.6 Å². The number of ether oxygens (including phenoxy) is 1. The number of carboxylic acid groups (broad SMARTS) is 1. The Morgan fingerprint density at radius 1 is 1.52 bits per heavy atom. The number of aromatic carboxylic acids is 1. The summed E-state index contributed by atoms with van der Waals surface area (Å²) in [7, 11) is 0. The van der Waals surface area contributed by atoms with Gasteiger partial charge in [-0.05, 0) is 24.1 Å². The lowest BCUT2D eigenvalue weighted by molar-refractivity contribution is 0.0697.